The summed E-state index contributed by atoms with van der Waals surface area (Å²) in [7, 11) is 0.0276. The number of hydrogen-bond donors (Lipinski definition) is 3. The maximum Gasteiger partial charge on any atom is 0.216 e. The van der Waals surface area contributed by atoms with E-state index in [-0.39, 0.29) is 23.3 Å². The third-order valence-electron chi connectivity index (χ3n) is 4.25. The molecule has 0 saturated heterocycles. The summed E-state index contributed by atoms with van der Waals surface area (Å²) in [6.07, 6.45) is 0.0330. The lowest BCUT2D eigenvalue weighted by molar-refractivity contribution is 0.0205. The van der Waals surface area contributed by atoms with Crippen molar-refractivity contribution in [3.05, 3.63) is 35.4 Å². The van der Waals surface area contributed by atoms with Gasteiger partial charge in [0.1, 0.15) is 0 Å². The van der Waals surface area contributed by atoms with E-state index in [1.165, 1.54) is 0 Å². The lowest BCUT2D eigenvalue weighted by Gasteiger charge is -2.30. The van der Waals surface area contributed by atoms with Crippen LogP contribution in [0.3, 0.4) is 0 Å². The molecular formula is C20H36N4O3S. The first-order valence-electron chi connectivity index (χ1n) is 9.52. The van der Waals surface area contributed by atoms with Gasteiger partial charge in [-0.25, -0.2) is 13.1 Å². The van der Waals surface area contributed by atoms with Crippen molar-refractivity contribution < 1.29 is 13.2 Å². The van der Waals surface area contributed by atoms with E-state index in [1.54, 1.807) is 14.2 Å². The van der Waals surface area contributed by atoms with E-state index in [4.69, 9.17) is 4.74 Å². The van der Waals surface area contributed by atoms with E-state index in [2.05, 4.69) is 41.1 Å². The molecule has 0 amide bonds. The second-order valence-corrected chi connectivity index (χ2v) is 9.95. The molecule has 0 aliphatic rings. The topological polar surface area (TPSA) is 91.8 Å². The Morgan fingerprint density at radius 3 is 2.25 bits per heavy atom. The Balaban J connectivity index is 2.76. The highest BCUT2D eigenvalue weighted by Crippen LogP contribution is 2.21. The number of hydrogen-bond acceptors (Lipinski definition) is 4. The molecule has 8 heteroatoms. The van der Waals surface area contributed by atoms with Crippen LogP contribution < -0.4 is 15.4 Å². The van der Waals surface area contributed by atoms with E-state index in [9.17, 15) is 8.42 Å². The first kappa shape index (κ1) is 24.4. The van der Waals surface area contributed by atoms with Gasteiger partial charge in [-0.2, -0.15) is 0 Å². The van der Waals surface area contributed by atoms with Gasteiger partial charge in [0, 0.05) is 33.3 Å². The minimum Gasteiger partial charge on any atom is -0.379 e. The van der Waals surface area contributed by atoms with Crippen molar-refractivity contribution in [2.45, 2.75) is 59.1 Å². The molecule has 7 nitrogen and oxygen atoms in total. The molecule has 0 aliphatic heterocycles. The smallest absolute Gasteiger partial charge is 0.216 e. The molecule has 0 saturated carbocycles. The zero-order chi connectivity index (χ0) is 21.4. The fourth-order valence-corrected chi connectivity index (χ4v) is 4.30. The maximum atomic E-state index is 12.3. The predicted molar refractivity (Wildman–Crippen MR) is 116 cm³/mol. The Morgan fingerprint density at radius 1 is 1.14 bits per heavy atom. The fourth-order valence-electron chi connectivity index (χ4n) is 2.81. The highest BCUT2D eigenvalue weighted by atomic mass is 32.2. The summed E-state index contributed by atoms with van der Waals surface area (Å²) < 4.78 is 32.7. The van der Waals surface area contributed by atoms with Gasteiger partial charge in [0.25, 0.3) is 0 Å². The second kappa shape index (κ2) is 10.8. The van der Waals surface area contributed by atoms with Gasteiger partial charge in [-0.15, -0.1) is 0 Å². The number of nitrogens with one attached hydrogen (secondary N) is 3. The van der Waals surface area contributed by atoms with Crippen LogP contribution in [0.25, 0.3) is 0 Å². The number of benzene rings is 1. The molecule has 0 aromatic heterocycles. The molecule has 0 spiro atoms. The molecule has 1 aromatic rings. The van der Waals surface area contributed by atoms with E-state index >= 15 is 0 Å². The van der Waals surface area contributed by atoms with Crippen LogP contribution in [0.15, 0.2) is 29.3 Å². The SMILES string of the molecule is CN=C(NCc1ccccc1CS(=O)(=O)NC(C)C)NCC(OC)C(C)(C)C. The molecule has 28 heavy (non-hydrogen) atoms. The van der Waals surface area contributed by atoms with Crippen molar-refractivity contribution in [2.24, 2.45) is 10.4 Å². The lowest BCUT2D eigenvalue weighted by Crippen LogP contribution is -2.45. The Hall–Kier alpha value is -1.64. The van der Waals surface area contributed by atoms with Crippen molar-refractivity contribution in [3.63, 3.8) is 0 Å². The molecule has 0 fully saturated rings. The summed E-state index contributed by atoms with van der Waals surface area (Å²) in [6.45, 7) is 11.1. The largest absolute Gasteiger partial charge is 0.379 e. The second-order valence-electron chi connectivity index (χ2n) is 8.20. The Kier molecular flexibility index (Phi) is 9.39. The van der Waals surface area contributed by atoms with Crippen molar-refractivity contribution in [1.82, 2.24) is 15.4 Å². The molecule has 1 atom stereocenters. The predicted octanol–water partition coefficient (Wildman–Crippen LogP) is 2.24. The summed E-state index contributed by atoms with van der Waals surface area (Å²) in [6, 6.07) is 7.39. The van der Waals surface area contributed by atoms with Gasteiger partial charge in [-0.3, -0.25) is 4.99 Å². The van der Waals surface area contributed by atoms with Gasteiger partial charge in [-0.05, 0) is 30.4 Å². The number of aliphatic imine (C=N–C) groups is 1. The van der Waals surface area contributed by atoms with Crippen LogP contribution in [0.2, 0.25) is 0 Å². The van der Waals surface area contributed by atoms with Crippen LogP contribution in [0.4, 0.5) is 0 Å². The monoisotopic (exact) mass is 412 g/mol. The number of methoxy groups -OCH3 is 1. The fraction of sp³-hybridized carbons (Fsp3) is 0.650. The van der Waals surface area contributed by atoms with Gasteiger partial charge in [0.05, 0.1) is 11.9 Å². The Bertz CT molecular complexity index is 740. The van der Waals surface area contributed by atoms with Gasteiger partial charge in [-0.1, -0.05) is 45.0 Å². The minimum atomic E-state index is -3.38. The number of sulfonamides is 1. The Labute approximate surface area is 170 Å². The van der Waals surface area contributed by atoms with Crippen LogP contribution in [0.1, 0.15) is 45.7 Å². The van der Waals surface area contributed by atoms with Crippen LogP contribution in [-0.4, -0.2) is 47.2 Å². The van der Waals surface area contributed by atoms with Crippen molar-refractivity contribution in [3.8, 4) is 0 Å². The molecule has 3 N–H and O–H groups in total. The first-order chi connectivity index (χ1) is 13.0. The van der Waals surface area contributed by atoms with Crippen molar-refractivity contribution in [1.29, 1.82) is 0 Å². The highest BCUT2D eigenvalue weighted by Gasteiger charge is 2.24. The molecule has 1 aromatic carbocycles. The Morgan fingerprint density at radius 2 is 1.75 bits per heavy atom. The summed E-state index contributed by atoms with van der Waals surface area (Å²) in [5, 5.41) is 6.53. The number of ether oxygens (including phenoxy) is 1. The van der Waals surface area contributed by atoms with Crippen LogP contribution in [0, 0.1) is 5.41 Å². The quantitative estimate of drug-likeness (QED) is 0.427. The van der Waals surface area contributed by atoms with Gasteiger partial charge in [0.2, 0.25) is 10.0 Å². The average Bonchev–Trinajstić information content (AvgIpc) is 2.56. The van der Waals surface area contributed by atoms with E-state index < -0.39 is 10.0 Å². The third-order valence-corrected chi connectivity index (χ3v) is 5.78. The van der Waals surface area contributed by atoms with Crippen LogP contribution >= 0.6 is 0 Å². The standard InChI is InChI=1S/C20H36N4O3S/c1-15(2)24-28(25,26)14-17-11-9-8-10-16(17)12-22-19(21-6)23-13-18(27-7)20(3,4)5/h8-11,15,18,24H,12-14H2,1-7H3,(H2,21,22,23). The van der Waals surface area contributed by atoms with Gasteiger partial charge < -0.3 is 15.4 Å². The summed E-state index contributed by atoms with van der Waals surface area (Å²) >= 11 is 0. The molecule has 0 bridgehead atoms. The van der Waals surface area contributed by atoms with Gasteiger partial charge in [0.15, 0.2) is 5.96 Å². The summed E-state index contributed by atoms with van der Waals surface area (Å²) in [5.41, 5.74) is 1.69. The van der Waals surface area contributed by atoms with Crippen molar-refractivity contribution >= 4 is 16.0 Å². The number of nitrogens with zero attached hydrogens (tertiary/aromatic N) is 1. The van der Waals surface area contributed by atoms with Gasteiger partial charge >= 0.3 is 0 Å². The normalized spacial score (nSPS) is 14.2. The number of rotatable bonds is 9. The van der Waals surface area contributed by atoms with Crippen LogP contribution in [0.5, 0.6) is 0 Å². The third kappa shape index (κ3) is 8.58. The first-order valence-corrected chi connectivity index (χ1v) is 11.2. The summed E-state index contributed by atoms with van der Waals surface area (Å²) in [5.74, 6) is 0.592. The van der Waals surface area contributed by atoms with E-state index in [0.29, 0.717) is 19.0 Å². The molecular weight excluding hydrogens is 376 g/mol. The van der Waals surface area contributed by atoms with Crippen LogP contribution in [-0.2, 0) is 27.1 Å². The number of guanidine groups is 1. The molecule has 0 heterocycles. The maximum absolute atomic E-state index is 12.3. The van der Waals surface area contributed by atoms with E-state index in [1.807, 2.05) is 38.1 Å². The van der Waals surface area contributed by atoms with Crippen molar-refractivity contribution in [2.75, 3.05) is 20.7 Å². The molecule has 1 unspecified atom stereocenters. The molecule has 160 valence electrons. The van der Waals surface area contributed by atoms with E-state index in [0.717, 1.165) is 11.1 Å². The zero-order valence-corrected chi connectivity index (χ0v) is 19.0. The molecule has 1 rings (SSSR count). The molecule has 0 radical (unpaired) electrons. The zero-order valence-electron chi connectivity index (χ0n) is 18.2. The minimum absolute atomic E-state index is 0.00494. The lowest BCUT2D eigenvalue weighted by atomic mass is 9.89. The average molecular weight is 413 g/mol. The molecule has 0 aliphatic carbocycles. The highest BCUT2D eigenvalue weighted by molar-refractivity contribution is 7.88. The summed E-state index contributed by atoms with van der Waals surface area (Å²) in [4.78, 5) is 4.24.